The van der Waals surface area contributed by atoms with E-state index in [9.17, 15) is 9.90 Å². The molecule has 1 rings (SSSR count). The minimum absolute atomic E-state index is 0.581. The Bertz CT molecular complexity index is 318. The van der Waals surface area contributed by atoms with Gasteiger partial charge in [0.15, 0.2) is 0 Å². The second-order valence-electron chi connectivity index (χ2n) is 3.82. The van der Waals surface area contributed by atoms with Gasteiger partial charge in [-0.25, -0.2) is 0 Å². The van der Waals surface area contributed by atoms with Gasteiger partial charge in [0.1, 0.15) is 0 Å². The van der Waals surface area contributed by atoms with Crippen LogP contribution in [0.3, 0.4) is 0 Å². The van der Waals surface area contributed by atoms with E-state index in [0.29, 0.717) is 19.3 Å². The van der Waals surface area contributed by atoms with E-state index in [-0.39, 0.29) is 0 Å². The quantitative estimate of drug-likeness (QED) is 0.807. The van der Waals surface area contributed by atoms with Crippen LogP contribution >= 0.6 is 0 Å². The zero-order valence-corrected chi connectivity index (χ0v) is 9.23. The summed E-state index contributed by atoms with van der Waals surface area (Å²) in [6.45, 7) is 3.86. The van der Waals surface area contributed by atoms with Gasteiger partial charge in [0.25, 0.3) is 0 Å². The number of pyridine rings is 1. The first-order chi connectivity index (χ1) is 7.14. The van der Waals surface area contributed by atoms with E-state index in [1.165, 1.54) is 0 Å². The molecule has 0 aromatic carbocycles. The molecule has 0 atom stereocenters. The Hall–Kier alpha value is -1.38. The first kappa shape index (κ1) is 11.7. The number of aromatic nitrogens is 1. The molecule has 3 nitrogen and oxygen atoms in total. The summed E-state index contributed by atoms with van der Waals surface area (Å²) >= 11 is 0. The van der Waals surface area contributed by atoms with Crippen molar-refractivity contribution in [3.8, 4) is 0 Å². The molecule has 0 aliphatic rings. The van der Waals surface area contributed by atoms with Gasteiger partial charge in [-0.3, -0.25) is 9.78 Å². The number of carboxylic acids is 1. The normalized spacial score (nSPS) is 11.3. The van der Waals surface area contributed by atoms with Crippen molar-refractivity contribution in [2.45, 2.75) is 33.1 Å². The average Bonchev–Trinajstić information content (AvgIpc) is 2.27. The van der Waals surface area contributed by atoms with Crippen LogP contribution in [-0.2, 0) is 11.2 Å². The predicted molar refractivity (Wildman–Crippen MR) is 58.6 cm³/mol. The molecule has 1 aromatic heterocycles. The highest BCUT2D eigenvalue weighted by Crippen LogP contribution is 2.31. The lowest BCUT2D eigenvalue weighted by Gasteiger charge is -2.26. The van der Waals surface area contributed by atoms with E-state index in [1.54, 1.807) is 12.4 Å². The highest BCUT2D eigenvalue weighted by Gasteiger charge is 2.34. The predicted octanol–water partition coefficient (Wildman–Crippen LogP) is 2.52. The van der Waals surface area contributed by atoms with Gasteiger partial charge in [-0.05, 0) is 37.0 Å². The van der Waals surface area contributed by atoms with E-state index in [1.807, 2.05) is 26.0 Å². The maximum absolute atomic E-state index is 11.3. The number of carbonyl (C=O) groups is 1. The summed E-state index contributed by atoms with van der Waals surface area (Å²) in [5.41, 5.74) is 0.414. The Morgan fingerprint density at radius 1 is 1.33 bits per heavy atom. The van der Waals surface area contributed by atoms with Crippen LogP contribution in [0.1, 0.15) is 32.3 Å². The van der Waals surface area contributed by atoms with Crippen molar-refractivity contribution < 1.29 is 9.90 Å². The van der Waals surface area contributed by atoms with Gasteiger partial charge in [-0.1, -0.05) is 13.8 Å². The summed E-state index contributed by atoms with van der Waals surface area (Å²) in [6, 6.07) is 3.76. The zero-order valence-electron chi connectivity index (χ0n) is 9.23. The molecule has 0 aliphatic carbocycles. The maximum atomic E-state index is 11.3. The first-order valence-electron chi connectivity index (χ1n) is 5.27. The highest BCUT2D eigenvalue weighted by atomic mass is 16.4. The summed E-state index contributed by atoms with van der Waals surface area (Å²) < 4.78 is 0. The smallest absolute Gasteiger partial charge is 0.309 e. The van der Waals surface area contributed by atoms with Gasteiger partial charge < -0.3 is 5.11 Å². The minimum atomic E-state index is -0.704. The lowest BCUT2D eigenvalue weighted by Crippen LogP contribution is -2.32. The minimum Gasteiger partial charge on any atom is -0.481 e. The SMILES string of the molecule is CCC(CC)(Cc1ccncc1)C(=O)O. The Labute approximate surface area is 90.2 Å². The molecule has 15 heavy (non-hydrogen) atoms. The Morgan fingerprint density at radius 3 is 2.27 bits per heavy atom. The molecular formula is C12H17NO2. The molecule has 0 fully saturated rings. The lowest BCUT2D eigenvalue weighted by molar-refractivity contribution is -0.149. The summed E-state index contributed by atoms with van der Waals surface area (Å²) in [4.78, 5) is 15.2. The number of hydrogen-bond acceptors (Lipinski definition) is 2. The number of rotatable bonds is 5. The van der Waals surface area contributed by atoms with E-state index in [4.69, 9.17) is 0 Å². The number of aliphatic carboxylic acids is 1. The van der Waals surface area contributed by atoms with Gasteiger partial charge in [0, 0.05) is 12.4 Å². The molecule has 0 saturated heterocycles. The Morgan fingerprint density at radius 2 is 1.87 bits per heavy atom. The second-order valence-corrected chi connectivity index (χ2v) is 3.82. The van der Waals surface area contributed by atoms with Crippen LogP contribution in [0, 0.1) is 5.41 Å². The molecule has 1 aromatic rings. The fraction of sp³-hybridized carbons (Fsp3) is 0.500. The standard InChI is InChI=1S/C12H17NO2/c1-3-12(4-2,11(14)15)9-10-5-7-13-8-6-10/h5-8H,3-4,9H2,1-2H3,(H,14,15). The van der Waals surface area contributed by atoms with Crippen LogP contribution in [0.2, 0.25) is 0 Å². The molecule has 0 radical (unpaired) electrons. The summed E-state index contributed by atoms with van der Waals surface area (Å²) in [5, 5.41) is 9.27. The summed E-state index contributed by atoms with van der Waals surface area (Å²) in [5.74, 6) is -0.704. The van der Waals surface area contributed by atoms with Crippen molar-refractivity contribution in [2.24, 2.45) is 5.41 Å². The molecule has 1 N–H and O–H groups in total. The number of nitrogens with zero attached hydrogens (tertiary/aromatic N) is 1. The van der Waals surface area contributed by atoms with Gasteiger partial charge in [-0.15, -0.1) is 0 Å². The topological polar surface area (TPSA) is 50.2 Å². The van der Waals surface area contributed by atoms with Crippen LogP contribution in [0.4, 0.5) is 0 Å². The van der Waals surface area contributed by atoms with Crippen LogP contribution in [0.15, 0.2) is 24.5 Å². The Kier molecular flexibility index (Phi) is 3.83. The highest BCUT2D eigenvalue weighted by molar-refractivity contribution is 5.75. The van der Waals surface area contributed by atoms with Gasteiger partial charge in [-0.2, -0.15) is 0 Å². The van der Waals surface area contributed by atoms with Crippen LogP contribution in [0.5, 0.6) is 0 Å². The van der Waals surface area contributed by atoms with Crippen molar-refractivity contribution in [1.29, 1.82) is 0 Å². The summed E-state index contributed by atoms with van der Waals surface area (Å²) in [7, 11) is 0. The fourth-order valence-corrected chi connectivity index (χ4v) is 1.77. The van der Waals surface area contributed by atoms with Crippen LogP contribution in [0.25, 0.3) is 0 Å². The second kappa shape index (κ2) is 4.91. The van der Waals surface area contributed by atoms with Gasteiger partial charge >= 0.3 is 5.97 Å². The largest absolute Gasteiger partial charge is 0.481 e. The number of carboxylic acid groups (broad SMARTS) is 1. The zero-order chi connectivity index (χ0) is 11.3. The van der Waals surface area contributed by atoms with Crippen LogP contribution in [-0.4, -0.2) is 16.1 Å². The lowest BCUT2D eigenvalue weighted by atomic mass is 9.77. The third kappa shape index (κ3) is 2.55. The van der Waals surface area contributed by atoms with Crippen LogP contribution < -0.4 is 0 Å². The molecule has 0 unspecified atom stereocenters. The third-order valence-corrected chi connectivity index (χ3v) is 3.10. The van der Waals surface area contributed by atoms with E-state index < -0.39 is 11.4 Å². The molecule has 1 heterocycles. The first-order valence-corrected chi connectivity index (χ1v) is 5.27. The molecule has 82 valence electrons. The van der Waals surface area contributed by atoms with E-state index in [0.717, 1.165) is 5.56 Å². The molecular weight excluding hydrogens is 190 g/mol. The third-order valence-electron chi connectivity index (χ3n) is 3.10. The van der Waals surface area contributed by atoms with E-state index in [2.05, 4.69) is 4.98 Å². The Balaban J connectivity index is 2.89. The molecule has 0 aliphatic heterocycles. The number of hydrogen-bond donors (Lipinski definition) is 1. The summed E-state index contributed by atoms with van der Waals surface area (Å²) in [6.07, 6.45) is 5.29. The van der Waals surface area contributed by atoms with Gasteiger partial charge in [0.05, 0.1) is 5.41 Å². The van der Waals surface area contributed by atoms with Crippen molar-refractivity contribution >= 4 is 5.97 Å². The van der Waals surface area contributed by atoms with Crippen molar-refractivity contribution in [2.75, 3.05) is 0 Å². The maximum Gasteiger partial charge on any atom is 0.309 e. The monoisotopic (exact) mass is 207 g/mol. The fourth-order valence-electron chi connectivity index (χ4n) is 1.77. The molecule has 0 saturated carbocycles. The van der Waals surface area contributed by atoms with Crippen molar-refractivity contribution in [3.05, 3.63) is 30.1 Å². The van der Waals surface area contributed by atoms with Crippen molar-refractivity contribution in [1.82, 2.24) is 4.98 Å². The van der Waals surface area contributed by atoms with Gasteiger partial charge in [0.2, 0.25) is 0 Å². The molecule has 0 amide bonds. The van der Waals surface area contributed by atoms with Crippen molar-refractivity contribution in [3.63, 3.8) is 0 Å². The average molecular weight is 207 g/mol. The molecule has 0 spiro atoms. The van der Waals surface area contributed by atoms with E-state index >= 15 is 0 Å². The molecule has 0 bridgehead atoms. The molecule has 3 heteroatoms.